The Morgan fingerprint density at radius 1 is 1.38 bits per heavy atom. The molecule has 2 aliphatic carbocycles. The molecule has 2 saturated carbocycles. The van der Waals surface area contributed by atoms with Crippen molar-refractivity contribution in [3.63, 3.8) is 0 Å². The van der Waals surface area contributed by atoms with Crippen molar-refractivity contribution in [2.24, 2.45) is 17.8 Å². The molecule has 0 aromatic carbocycles. The molecule has 0 spiro atoms. The van der Waals surface area contributed by atoms with Crippen LogP contribution in [0.3, 0.4) is 0 Å². The van der Waals surface area contributed by atoms with Crippen LogP contribution >= 0.6 is 0 Å². The van der Waals surface area contributed by atoms with Crippen LogP contribution in [-0.2, 0) is 9.53 Å². The Morgan fingerprint density at radius 2 is 2.14 bits per heavy atom. The second-order valence-corrected chi connectivity index (χ2v) is 7.25. The summed E-state index contributed by atoms with van der Waals surface area (Å²) in [6, 6.07) is 0. The summed E-state index contributed by atoms with van der Waals surface area (Å²) in [5, 5.41) is 3.14. The van der Waals surface area contributed by atoms with Gasteiger partial charge in [-0.3, -0.25) is 4.79 Å². The van der Waals surface area contributed by atoms with Crippen molar-refractivity contribution >= 4 is 5.97 Å². The zero-order valence-electron chi connectivity index (χ0n) is 14.2. The van der Waals surface area contributed by atoms with E-state index in [0.717, 1.165) is 30.7 Å². The summed E-state index contributed by atoms with van der Waals surface area (Å²) in [5.74, 6) is 2.73. The van der Waals surface area contributed by atoms with Crippen LogP contribution in [0.1, 0.15) is 46.0 Å². The molecule has 2 fully saturated rings. The highest BCUT2D eigenvalue weighted by molar-refractivity contribution is 5.80. The lowest BCUT2D eigenvalue weighted by Crippen LogP contribution is -2.50. The first-order valence-corrected chi connectivity index (χ1v) is 8.53. The summed E-state index contributed by atoms with van der Waals surface area (Å²) < 4.78 is 5.18. The third-order valence-corrected chi connectivity index (χ3v) is 5.70. The van der Waals surface area contributed by atoms with Crippen LogP contribution in [0, 0.1) is 17.8 Å². The van der Waals surface area contributed by atoms with Gasteiger partial charge in [-0.15, -0.1) is 0 Å². The van der Waals surface area contributed by atoms with Gasteiger partial charge in [0.2, 0.25) is 0 Å². The topological polar surface area (TPSA) is 41.6 Å². The van der Waals surface area contributed by atoms with Crippen molar-refractivity contribution in [3.05, 3.63) is 0 Å². The SMILES string of the molecule is CCOC(=O)C(C)(CCN(C)CC1CC2CCC1C2)NC. The smallest absolute Gasteiger partial charge is 0.326 e. The van der Waals surface area contributed by atoms with Gasteiger partial charge in [-0.25, -0.2) is 0 Å². The number of carbonyl (C=O) groups excluding carboxylic acids is 1. The van der Waals surface area contributed by atoms with Gasteiger partial charge in [0.05, 0.1) is 6.61 Å². The first kappa shape index (κ1) is 16.8. The molecule has 0 aromatic heterocycles. The van der Waals surface area contributed by atoms with E-state index in [1.165, 1.54) is 32.2 Å². The van der Waals surface area contributed by atoms with E-state index in [0.29, 0.717) is 6.61 Å². The Hall–Kier alpha value is -0.610. The number of hydrogen-bond donors (Lipinski definition) is 1. The number of esters is 1. The lowest BCUT2D eigenvalue weighted by Gasteiger charge is -2.31. The van der Waals surface area contributed by atoms with Crippen LogP contribution in [0.25, 0.3) is 0 Å². The fraction of sp³-hybridized carbons (Fsp3) is 0.941. The van der Waals surface area contributed by atoms with Crippen LogP contribution in [-0.4, -0.2) is 50.2 Å². The highest BCUT2D eigenvalue weighted by atomic mass is 16.5. The van der Waals surface area contributed by atoms with Gasteiger partial charge in [0, 0.05) is 13.1 Å². The molecular weight excluding hydrogens is 264 g/mol. The first-order valence-electron chi connectivity index (χ1n) is 8.53. The molecule has 2 aliphatic rings. The molecule has 0 amide bonds. The predicted molar refractivity (Wildman–Crippen MR) is 85.1 cm³/mol. The Labute approximate surface area is 129 Å². The number of fused-ring (bicyclic) bond motifs is 2. The Balaban J connectivity index is 1.76. The van der Waals surface area contributed by atoms with Gasteiger partial charge in [0.15, 0.2) is 0 Å². The third-order valence-electron chi connectivity index (χ3n) is 5.70. The Kier molecular flexibility index (Phi) is 5.67. The monoisotopic (exact) mass is 296 g/mol. The Bertz CT molecular complexity index is 361. The third kappa shape index (κ3) is 3.98. The average Bonchev–Trinajstić information content (AvgIpc) is 3.07. The van der Waals surface area contributed by atoms with Crippen molar-refractivity contribution in [1.29, 1.82) is 0 Å². The molecule has 0 aromatic rings. The van der Waals surface area contributed by atoms with Crippen LogP contribution in [0.5, 0.6) is 0 Å². The summed E-state index contributed by atoms with van der Waals surface area (Å²) in [4.78, 5) is 14.5. The zero-order chi connectivity index (χ0) is 15.5. The number of nitrogens with zero attached hydrogens (tertiary/aromatic N) is 1. The second kappa shape index (κ2) is 7.10. The van der Waals surface area contributed by atoms with Crippen molar-refractivity contribution < 1.29 is 9.53 Å². The molecule has 0 aliphatic heterocycles. The highest BCUT2D eigenvalue weighted by Gasteiger charge is 2.40. The molecule has 4 atom stereocenters. The molecule has 4 heteroatoms. The molecule has 4 unspecified atom stereocenters. The molecule has 0 radical (unpaired) electrons. The minimum Gasteiger partial charge on any atom is -0.465 e. The zero-order valence-corrected chi connectivity index (χ0v) is 14.2. The van der Waals surface area contributed by atoms with E-state index in [1.807, 2.05) is 20.9 Å². The minimum atomic E-state index is -0.570. The number of rotatable bonds is 8. The predicted octanol–water partition coefficient (Wildman–Crippen LogP) is 2.29. The molecular formula is C17H32N2O2. The second-order valence-electron chi connectivity index (χ2n) is 7.25. The van der Waals surface area contributed by atoms with E-state index in [-0.39, 0.29) is 5.97 Å². The maximum atomic E-state index is 12.1. The molecule has 1 N–H and O–H groups in total. The van der Waals surface area contributed by atoms with E-state index >= 15 is 0 Å². The number of ether oxygens (including phenoxy) is 1. The molecule has 2 rings (SSSR count). The summed E-state index contributed by atoms with van der Waals surface area (Å²) in [6.45, 7) is 6.36. The van der Waals surface area contributed by atoms with Crippen LogP contribution in [0.4, 0.5) is 0 Å². The standard InChI is InChI=1S/C17H32N2O2/c1-5-21-16(20)17(2,18-3)8-9-19(4)12-15-11-13-6-7-14(15)10-13/h13-15,18H,5-12H2,1-4H3. The maximum absolute atomic E-state index is 12.1. The Morgan fingerprint density at radius 3 is 2.67 bits per heavy atom. The quantitative estimate of drug-likeness (QED) is 0.698. The van der Waals surface area contributed by atoms with Crippen LogP contribution in [0.15, 0.2) is 0 Å². The fourth-order valence-corrected chi connectivity index (χ4v) is 4.13. The lowest BCUT2D eigenvalue weighted by atomic mass is 9.88. The van der Waals surface area contributed by atoms with Crippen molar-refractivity contribution in [2.75, 3.05) is 33.8 Å². The van der Waals surface area contributed by atoms with Crippen molar-refractivity contribution in [2.45, 2.75) is 51.5 Å². The summed E-state index contributed by atoms with van der Waals surface area (Å²) >= 11 is 0. The van der Waals surface area contributed by atoms with Gasteiger partial charge < -0.3 is 15.0 Å². The summed E-state index contributed by atoms with van der Waals surface area (Å²) in [5.41, 5.74) is -0.570. The van der Waals surface area contributed by atoms with Gasteiger partial charge in [0.1, 0.15) is 5.54 Å². The number of carbonyl (C=O) groups is 1. The normalized spacial score (nSPS) is 30.6. The minimum absolute atomic E-state index is 0.138. The first-order chi connectivity index (χ1) is 9.98. The number of likely N-dealkylation sites (N-methyl/N-ethyl adjacent to an activating group) is 1. The summed E-state index contributed by atoms with van der Waals surface area (Å²) in [6.07, 6.45) is 6.59. The van der Waals surface area contributed by atoms with E-state index in [1.54, 1.807) is 0 Å². The van der Waals surface area contributed by atoms with Crippen molar-refractivity contribution in [1.82, 2.24) is 10.2 Å². The number of nitrogens with one attached hydrogen (secondary N) is 1. The molecule has 4 nitrogen and oxygen atoms in total. The lowest BCUT2D eigenvalue weighted by molar-refractivity contribution is -0.150. The van der Waals surface area contributed by atoms with Crippen LogP contribution < -0.4 is 5.32 Å². The van der Waals surface area contributed by atoms with Crippen molar-refractivity contribution in [3.8, 4) is 0 Å². The van der Waals surface area contributed by atoms with Gasteiger partial charge in [-0.2, -0.15) is 0 Å². The van der Waals surface area contributed by atoms with Gasteiger partial charge in [-0.05, 0) is 71.4 Å². The molecule has 0 heterocycles. The van der Waals surface area contributed by atoms with E-state index < -0.39 is 5.54 Å². The van der Waals surface area contributed by atoms with E-state index in [4.69, 9.17) is 4.74 Å². The van der Waals surface area contributed by atoms with Crippen LogP contribution in [0.2, 0.25) is 0 Å². The molecule has 21 heavy (non-hydrogen) atoms. The van der Waals surface area contributed by atoms with Gasteiger partial charge in [-0.1, -0.05) is 6.42 Å². The molecule has 122 valence electrons. The van der Waals surface area contributed by atoms with E-state index in [9.17, 15) is 4.79 Å². The largest absolute Gasteiger partial charge is 0.465 e. The van der Waals surface area contributed by atoms with Gasteiger partial charge >= 0.3 is 5.97 Å². The molecule has 2 bridgehead atoms. The van der Waals surface area contributed by atoms with E-state index in [2.05, 4.69) is 17.3 Å². The maximum Gasteiger partial charge on any atom is 0.326 e. The molecule has 0 saturated heterocycles. The fourth-order valence-electron chi connectivity index (χ4n) is 4.13. The highest BCUT2D eigenvalue weighted by Crippen LogP contribution is 2.48. The number of hydrogen-bond acceptors (Lipinski definition) is 4. The van der Waals surface area contributed by atoms with Gasteiger partial charge in [0.25, 0.3) is 0 Å². The summed E-state index contributed by atoms with van der Waals surface area (Å²) in [7, 11) is 4.03. The average molecular weight is 296 g/mol.